The fraction of sp³-hybridized carbons (Fsp3) is 0.571. The predicted octanol–water partition coefficient (Wildman–Crippen LogP) is 2.19. The van der Waals surface area contributed by atoms with Crippen LogP contribution in [0.3, 0.4) is 0 Å². The van der Waals surface area contributed by atoms with E-state index in [2.05, 4.69) is 48.7 Å². The first-order chi connectivity index (χ1) is 7.72. The molecule has 0 spiro atoms. The van der Waals surface area contributed by atoms with Crippen LogP contribution in [0.15, 0.2) is 24.3 Å². The van der Waals surface area contributed by atoms with E-state index in [0.717, 1.165) is 25.6 Å². The lowest BCUT2D eigenvalue weighted by Crippen LogP contribution is -2.24. The molecule has 16 heavy (non-hydrogen) atoms. The van der Waals surface area contributed by atoms with Gasteiger partial charge in [-0.2, -0.15) is 0 Å². The second-order valence-electron chi connectivity index (χ2n) is 4.69. The van der Waals surface area contributed by atoms with Gasteiger partial charge in [0, 0.05) is 19.6 Å². The summed E-state index contributed by atoms with van der Waals surface area (Å²) in [6.07, 6.45) is 1.17. The van der Waals surface area contributed by atoms with E-state index in [1.807, 2.05) is 7.05 Å². The van der Waals surface area contributed by atoms with E-state index in [0.29, 0.717) is 0 Å². The Morgan fingerprint density at radius 1 is 1.00 bits per heavy atom. The monoisotopic (exact) mass is 220 g/mol. The molecule has 0 unspecified atom stereocenters. The molecule has 0 aliphatic rings. The van der Waals surface area contributed by atoms with Crippen molar-refractivity contribution >= 4 is 0 Å². The number of hydrogen-bond acceptors (Lipinski definition) is 2. The molecule has 2 N–H and O–H groups in total. The third-order valence-corrected chi connectivity index (χ3v) is 2.55. The molecule has 0 fully saturated rings. The average molecular weight is 220 g/mol. The molecule has 1 aromatic carbocycles. The summed E-state index contributed by atoms with van der Waals surface area (Å²) in [5, 5.41) is 6.52. The third kappa shape index (κ3) is 5.29. The van der Waals surface area contributed by atoms with Crippen molar-refractivity contribution in [2.45, 2.75) is 26.8 Å². The minimum absolute atomic E-state index is 0.736. The Hall–Kier alpha value is -0.860. The van der Waals surface area contributed by atoms with E-state index in [4.69, 9.17) is 0 Å². The van der Waals surface area contributed by atoms with E-state index < -0.39 is 0 Å². The van der Waals surface area contributed by atoms with Crippen molar-refractivity contribution in [2.75, 3.05) is 20.1 Å². The maximum Gasteiger partial charge on any atom is 0.0206 e. The quantitative estimate of drug-likeness (QED) is 0.688. The van der Waals surface area contributed by atoms with Crippen molar-refractivity contribution in [1.29, 1.82) is 0 Å². The van der Waals surface area contributed by atoms with Crippen molar-refractivity contribution in [1.82, 2.24) is 10.6 Å². The molecule has 0 bridgehead atoms. The van der Waals surface area contributed by atoms with Gasteiger partial charge in [-0.25, -0.2) is 0 Å². The number of rotatable bonds is 7. The van der Waals surface area contributed by atoms with Crippen LogP contribution in [-0.4, -0.2) is 20.1 Å². The fourth-order valence-electron chi connectivity index (χ4n) is 1.71. The molecule has 0 aliphatic heterocycles. The van der Waals surface area contributed by atoms with Crippen LogP contribution in [-0.2, 0) is 13.0 Å². The summed E-state index contributed by atoms with van der Waals surface area (Å²) in [7, 11) is 1.97. The Labute approximate surface area is 99.5 Å². The molecule has 1 rings (SSSR count). The van der Waals surface area contributed by atoms with E-state index in [-0.39, 0.29) is 0 Å². The maximum absolute atomic E-state index is 3.40. The first-order valence-corrected chi connectivity index (χ1v) is 6.15. The van der Waals surface area contributed by atoms with Gasteiger partial charge >= 0.3 is 0 Å². The predicted molar refractivity (Wildman–Crippen MR) is 70.6 cm³/mol. The second kappa shape index (κ2) is 7.42. The fourth-order valence-corrected chi connectivity index (χ4v) is 1.71. The van der Waals surface area contributed by atoms with E-state index in [1.165, 1.54) is 17.5 Å². The van der Waals surface area contributed by atoms with E-state index in [1.54, 1.807) is 0 Å². The van der Waals surface area contributed by atoms with Crippen LogP contribution in [0.1, 0.15) is 25.0 Å². The Morgan fingerprint density at radius 3 is 2.19 bits per heavy atom. The van der Waals surface area contributed by atoms with Crippen LogP contribution >= 0.6 is 0 Å². The summed E-state index contributed by atoms with van der Waals surface area (Å²) in [4.78, 5) is 0. The standard InChI is InChI=1S/C14H24N2/c1-12(2)10-13-4-6-14(7-5-13)11-16-9-8-15-3/h4-7,12,15-16H,8-11H2,1-3H3. The van der Waals surface area contributed by atoms with E-state index in [9.17, 15) is 0 Å². The van der Waals surface area contributed by atoms with Crippen LogP contribution in [0.25, 0.3) is 0 Å². The van der Waals surface area contributed by atoms with Crippen LogP contribution < -0.4 is 10.6 Å². The van der Waals surface area contributed by atoms with Gasteiger partial charge in [-0.3, -0.25) is 0 Å². The van der Waals surface area contributed by atoms with Gasteiger partial charge in [-0.1, -0.05) is 38.1 Å². The minimum atomic E-state index is 0.736. The molecule has 0 radical (unpaired) electrons. The highest BCUT2D eigenvalue weighted by atomic mass is 14.9. The van der Waals surface area contributed by atoms with Crippen molar-refractivity contribution < 1.29 is 0 Å². The first kappa shape index (κ1) is 13.2. The molecule has 0 amide bonds. The van der Waals surface area contributed by atoms with Crippen molar-refractivity contribution in [3.63, 3.8) is 0 Å². The molecule has 2 nitrogen and oxygen atoms in total. The van der Waals surface area contributed by atoms with E-state index >= 15 is 0 Å². The summed E-state index contributed by atoms with van der Waals surface area (Å²) in [5.41, 5.74) is 2.80. The molecule has 0 saturated heterocycles. The Bertz CT molecular complexity index is 277. The summed E-state index contributed by atoms with van der Waals surface area (Å²) in [6.45, 7) is 7.51. The highest BCUT2D eigenvalue weighted by Crippen LogP contribution is 2.09. The van der Waals surface area contributed by atoms with Gasteiger partial charge in [-0.15, -0.1) is 0 Å². The largest absolute Gasteiger partial charge is 0.318 e. The molecule has 0 aromatic heterocycles. The smallest absolute Gasteiger partial charge is 0.0206 e. The highest BCUT2D eigenvalue weighted by molar-refractivity contribution is 5.22. The lowest BCUT2D eigenvalue weighted by molar-refractivity contribution is 0.643. The molecular weight excluding hydrogens is 196 g/mol. The second-order valence-corrected chi connectivity index (χ2v) is 4.69. The Morgan fingerprint density at radius 2 is 1.62 bits per heavy atom. The summed E-state index contributed by atoms with van der Waals surface area (Å²) < 4.78 is 0. The first-order valence-electron chi connectivity index (χ1n) is 6.15. The topological polar surface area (TPSA) is 24.1 Å². The third-order valence-electron chi connectivity index (χ3n) is 2.55. The number of benzene rings is 1. The summed E-state index contributed by atoms with van der Waals surface area (Å²) in [6, 6.07) is 8.94. The molecule has 1 aromatic rings. The van der Waals surface area contributed by atoms with Gasteiger partial charge in [0.15, 0.2) is 0 Å². The molecule has 0 atom stereocenters. The summed E-state index contributed by atoms with van der Waals surface area (Å²) in [5.74, 6) is 0.736. The lowest BCUT2D eigenvalue weighted by atomic mass is 10.0. The number of nitrogens with one attached hydrogen (secondary N) is 2. The van der Waals surface area contributed by atoms with Gasteiger partial charge in [0.2, 0.25) is 0 Å². The maximum atomic E-state index is 3.40. The highest BCUT2D eigenvalue weighted by Gasteiger charge is 1.98. The van der Waals surface area contributed by atoms with Crippen molar-refractivity contribution in [3.05, 3.63) is 35.4 Å². The zero-order chi connectivity index (χ0) is 11.8. The molecule has 0 saturated carbocycles. The SMILES string of the molecule is CNCCNCc1ccc(CC(C)C)cc1. The van der Waals surface area contributed by atoms with Crippen LogP contribution in [0.5, 0.6) is 0 Å². The summed E-state index contributed by atoms with van der Waals surface area (Å²) >= 11 is 0. The van der Waals surface area contributed by atoms with Crippen LogP contribution in [0.2, 0.25) is 0 Å². The van der Waals surface area contributed by atoms with Crippen LogP contribution in [0, 0.1) is 5.92 Å². The van der Waals surface area contributed by atoms with Gasteiger partial charge < -0.3 is 10.6 Å². The molecule has 90 valence electrons. The van der Waals surface area contributed by atoms with Crippen LogP contribution in [0.4, 0.5) is 0 Å². The van der Waals surface area contributed by atoms with Gasteiger partial charge in [0.1, 0.15) is 0 Å². The lowest BCUT2D eigenvalue weighted by Gasteiger charge is -2.07. The van der Waals surface area contributed by atoms with Gasteiger partial charge in [-0.05, 0) is 30.5 Å². The molecular formula is C14H24N2. The minimum Gasteiger partial charge on any atom is -0.318 e. The zero-order valence-corrected chi connectivity index (χ0v) is 10.7. The normalized spacial score (nSPS) is 11.0. The molecule has 0 aliphatic carbocycles. The number of likely N-dealkylation sites (N-methyl/N-ethyl adjacent to an activating group) is 1. The Balaban J connectivity index is 2.33. The molecule has 0 heterocycles. The van der Waals surface area contributed by atoms with Gasteiger partial charge in [0.25, 0.3) is 0 Å². The van der Waals surface area contributed by atoms with Gasteiger partial charge in [0.05, 0.1) is 0 Å². The van der Waals surface area contributed by atoms with Crippen molar-refractivity contribution in [2.24, 2.45) is 5.92 Å². The Kier molecular flexibility index (Phi) is 6.12. The zero-order valence-electron chi connectivity index (χ0n) is 10.7. The molecule has 2 heteroatoms. The van der Waals surface area contributed by atoms with Crippen molar-refractivity contribution in [3.8, 4) is 0 Å². The number of hydrogen-bond donors (Lipinski definition) is 2. The average Bonchev–Trinajstić information content (AvgIpc) is 2.26.